The number of hydrogen-bond donors (Lipinski definition) is 1. The zero-order valence-corrected chi connectivity index (χ0v) is 12.5. The Labute approximate surface area is 119 Å². The SMILES string of the molecule is COC(=O)C1c2[nH]c3cc(Br)ccc3c2CCN1C. The number of fused-ring (bicyclic) bond motifs is 3. The number of halogens is 1. The summed E-state index contributed by atoms with van der Waals surface area (Å²) in [7, 11) is 3.38. The molecule has 4 nitrogen and oxygen atoms in total. The van der Waals surface area contributed by atoms with E-state index in [-0.39, 0.29) is 12.0 Å². The molecule has 1 aromatic heterocycles. The van der Waals surface area contributed by atoms with Crippen molar-refractivity contribution < 1.29 is 9.53 Å². The normalized spacial score (nSPS) is 19.4. The summed E-state index contributed by atoms with van der Waals surface area (Å²) in [6, 6.07) is 5.83. The summed E-state index contributed by atoms with van der Waals surface area (Å²) >= 11 is 3.47. The topological polar surface area (TPSA) is 45.3 Å². The monoisotopic (exact) mass is 322 g/mol. The average Bonchev–Trinajstić information content (AvgIpc) is 2.74. The number of hydrogen-bond acceptors (Lipinski definition) is 3. The Hall–Kier alpha value is -1.33. The third-order valence-electron chi connectivity index (χ3n) is 3.75. The van der Waals surface area contributed by atoms with Gasteiger partial charge in [-0.2, -0.15) is 0 Å². The fourth-order valence-electron chi connectivity index (χ4n) is 2.80. The minimum atomic E-state index is -0.333. The van der Waals surface area contributed by atoms with Crippen LogP contribution in [0.25, 0.3) is 10.9 Å². The number of benzene rings is 1. The Balaban J connectivity index is 2.20. The standard InChI is InChI=1S/C14H15BrN2O2/c1-17-6-5-10-9-4-3-8(15)7-11(9)16-12(10)13(17)14(18)19-2/h3-4,7,13,16H,5-6H2,1-2H3. The molecule has 100 valence electrons. The molecule has 0 fully saturated rings. The van der Waals surface area contributed by atoms with E-state index in [1.165, 1.54) is 18.1 Å². The largest absolute Gasteiger partial charge is 0.468 e. The van der Waals surface area contributed by atoms with E-state index in [9.17, 15) is 4.79 Å². The highest BCUT2D eigenvalue weighted by Crippen LogP contribution is 2.35. The predicted octanol–water partition coefficient (Wildman–Crippen LogP) is 2.63. The predicted molar refractivity (Wildman–Crippen MR) is 77.1 cm³/mol. The highest BCUT2D eigenvalue weighted by atomic mass is 79.9. The van der Waals surface area contributed by atoms with Gasteiger partial charge < -0.3 is 9.72 Å². The van der Waals surface area contributed by atoms with E-state index in [2.05, 4.69) is 27.0 Å². The molecule has 0 spiro atoms. The van der Waals surface area contributed by atoms with Gasteiger partial charge in [-0.05, 0) is 31.2 Å². The summed E-state index contributed by atoms with van der Waals surface area (Å²) < 4.78 is 5.96. The second kappa shape index (κ2) is 4.65. The number of likely N-dealkylation sites (N-methyl/N-ethyl adjacent to an activating group) is 1. The zero-order valence-electron chi connectivity index (χ0n) is 10.9. The van der Waals surface area contributed by atoms with Gasteiger partial charge in [-0.1, -0.05) is 22.0 Å². The van der Waals surface area contributed by atoms with Crippen molar-refractivity contribution >= 4 is 32.8 Å². The Bertz CT molecular complexity index is 650. The first-order valence-electron chi connectivity index (χ1n) is 6.20. The minimum Gasteiger partial charge on any atom is -0.468 e. The van der Waals surface area contributed by atoms with Gasteiger partial charge in [0, 0.05) is 27.6 Å². The molecule has 0 bridgehead atoms. The Kier molecular flexibility index (Phi) is 3.11. The first-order valence-corrected chi connectivity index (χ1v) is 6.99. The van der Waals surface area contributed by atoms with Crippen LogP contribution in [0.5, 0.6) is 0 Å². The lowest BCUT2D eigenvalue weighted by Crippen LogP contribution is -2.37. The van der Waals surface area contributed by atoms with Crippen molar-refractivity contribution in [2.24, 2.45) is 0 Å². The molecule has 1 aromatic carbocycles. The Morgan fingerprint density at radius 2 is 2.32 bits per heavy atom. The molecule has 1 aliphatic heterocycles. The van der Waals surface area contributed by atoms with Crippen LogP contribution in [0.15, 0.2) is 22.7 Å². The number of rotatable bonds is 1. The lowest BCUT2D eigenvalue weighted by atomic mass is 9.98. The maximum Gasteiger partial charge on any atom is 0.329 e. The van der Waals surface area contributed by atoms with E-state index in [1.54, 1.807) is 0 Å². The summed E-state index contributed by atoms with van der Waals surface area (Å²) in [6.07, 6.45) is 0.945. The van der Waals surface area contributed by atoms with Crippen molar-refractivity contribution in [1.82, 2.24) is 9.88 Å². The highest BCUT2D eigenvalue weighted by molar-refractivity contribution is 9.10. The summed E-state index contributed by atoms with van der Waals surface area (Å²) in [6.45, 7) is 0.857. The van der Waals surface area contributed by atoms with Gasteiger partial charge in [0.15, 0.2) is 0 Å². The zero-order chi connectivity index (χ0) is 13.6. The molecule has 1 aliphatic rings. The summed E-state index contributed by atoms with van der Waals surface area (Å²) in [4.78, 5) is 17.4. The van der Waals surface area contributed by atoms with Crippen LogP contribution in [0.2, 0.25) is 0 Å². The smallest absolute Gasteiger partial charge is 0.329 e. The Morgan fingerprint density at radius 1 is 1.53 bits per heavy atom. The van der Waals surface area contributed by atoms with Gasteiger partial charge >= 0.3 is 5.97 Å². The van der Waals surface area contributed by atoms with Crippen LogP contribution in [0, 0.1) is 0 Å². The average molecular weight is 323 g/mol. The van der Waals surface area contributed by atoms with E-state index in [0.717, 1.165) is 28.6 Å². The van der Waals surface area contributed by atoms with E-state index in [1.807, 2.05) is 24.1 Å². The van der Waals surface area contributed by atoms with Gasteiger partial charge in [0.2, 0.25) is 0 Å². The maximum absolute atomic E-state index is 12.0. The first-order chi connectivity index (χ1) is 9.11. The maximum atomic E-state index is 12.0. The first kappa shape index (κ1) is 12.7. The molecule has 0 aliphatic carbocycles. The second-order valence-electron chi connectivity index (χ2n) is 4.86. The molecule has 1 N–H and O–H groups in total. The van der Waals surface area contributed by atoms with Crippen molar-refractivity contribution in [2.45, 2.75) is 12.5 Å². The van der Waals surface area contributed by atoms with Gasteiger partial charge in [-0.3, -0.25) is 4.90 Å². The third kappa shape index (κ3) is 1.97. The van der Waals surface area contributed by atoms with E-state index < -0.39 is 0 Å². The molecule has 2 heterocycles. The fraction of sp³-hybridized carbons (Fsp3) is 0.357. The van der Waals surface area contributed by atoms with Crippen molar-refractivity contribution in [1.29, 1.82) is 0 Å². The number of H-pyrrole nitrogens is 1. The number of carbonyl (C=O) groups excluding carboxylic acids is 1. The summed E-state index contributed by atoms with van der Waals surface area (Å²) in [5.74, 6) is -0.214. The quantitative estimate of drug-likeness (QED) is 0.821. The number of methoxy groups -OCH3 is 1. The molecule has 19 heavy (non-hydrogen) atoms. The number of nitrogens with zero attached hydrogens (tertiary/aromatic N) is 1. The molecule has 0 amide bonds. The van der Waals surface area contributed by atoms with Crippen LogP contribution in [0.1, 0.15) is 17.3 Å². The molecule has 5 heteroatoms. The van der Waals surface area contributed by atoms with Crippen molar-refractivity contribution in [3.63, 3.8) is 0 Å². The lowest BCUT2D eigenvalue weighted by Gasteiger charge is -2.30. The van der Waals surface area contributed by atoms with Crippen LogP contribution in [-0.2, 0) is 16.0 Å². The van der Waals surface area contributed by atoms with Gasteiger partial charge in [-0.15, -0.1) is 0 Å². The summed E-state index contributed by atoms with van der Waals surface area (Å²) in [5.41, 5.74) is 3.26. The lowest BCUT2D eigenvalue weighted by molar-refractivity contribution is -0.147. The number of carbonyl (C=O) groups is 1. The number of aromatic nitrogens is 1. The molecular formula is C14H15BrN2O2. The number of esters is 1. The molecular weight excluding hydrogens is 308 g/mol. The van der Waals surface area contributed by atoms with E-state index in [4.69, 9.17) is 4.74 Å². The molecule has 0 saturated heterocycles. The number of ether oxygens (including phenoxy) is 1. The second-order valence-corrected chi connectivity index (χ2v) is 5.78. The molecule has 1 atom stereocenters. The number of aromatic amines is 1. The van der Waals surface area contributed by atoms with Crippen LogP contribution in [0.3, 0.4) is 0 Å². The molecule has 0 saturated carbocycles. The minimum absolute atomic E-state index is 0.214. The van der Waals surface area contributed by atoms with Crippen LogP contribution >= 0.6 is 15.9 Å². The van der Waals surface area contributed by atoms with Gasteiger partial charge in [-0.25, -0.2) is 4.79 Å². The van der Waals surface area contributed by atoms with Crippen molar-refractivity contribution in [3.8, 4) is 0 Å². The van der Waals surface area contributed by atoms with Gasteiger partial charge in [0.25, 0.3) is 0 Å². The fourth-order valence-corrected chi connectivity index (χ4v) is 3.16. The Morgan fingerprint density at radius 3 is 3.05 bits per heavy atom. The van der Waals surface area contributed by atoms with Crippen LogP contribution in [-0.4, -0.2) is 36.6 Å². The third-order valence-corrected chi connectivity index (χ3v) is 4.25. The van der Waals surface area contributed by atoms with Crippen LogP contribution in [0.4, 0.5) is 0 Å². The van der Waals surface area contributed by atoms with Crippen LogP contribution < -0.4 is 0 Å². The van der Waals surface area contributed by atoms with Crippen molar-refractivity contribution in [2.75, 3.05) is 20.7 Å². The van der Waals surface area contributed by atoms with Crippen molar-refractivity contribution in [3.05, 3.63) is 33.9 Å². The number of nitrogens with one attached hydrogen (secondary N) is 1. The summed E-state index contributed by atoms with van der Waals surface area (Å²) in [5, 5.41) is 1.19. The molecule has 1 unspecified atom stereocenters. The van der Waals surface area contributed by atoms with Gasteiger partial charge in [0.05, 0.1) is 7.11 Å². The molecule has 0 radical (unpaired) electrons. The highest BCUT2D eigenvalue weighted by Gasteiger charge is 2.34. The molecule has 2 aromatic rings. The van der Waals surface area contributed by atoms with Gasteiger partial charge in [0.1, 0.15) is 6.04 Å². The van der Waals surface area contributed by atoms with E-state index in [0.29, 0.717) is 0 Å². The van der Waals surface area contributed by atoms with E-state index >= 15 is 0 Å². The molecule has 3 rings (SSSR count).